The van der Waals surface area contributed by atoms with Gasteiger partial charge in [-0.2, -0.15) is 5.10 Å². The second kappa shape index (κ2) is 8.79. The number of fused-ring (bicyclic) bond motifs is 4. The zero-order valence-corrected chi connectivity index (χ0v) is 20.2. The molecule has 1 aliphatic carbocycles. The summed E-state index contributed by atoms with van der Waals surface area (Å²) in [6.07, 6.45) is 7.16. The molecule has 1 aliphatic rings. The highest BCUT2D eigenvalue weighted by Gasteiger charge is 2.29. The first-order valence-electron chi connectivity index (χ1n) is 11.1. The van der Waals surface area contributed by atoms with Crippen LogP contribution < -0.4 is 15.4 Å². The Kier molecular flexibility index (Phi) is 5.46. The average molecular weight is 506 g/mol. The van der Waals surface area contributed by atoms with Gasteiger partial charge in [0.05, 0.1) is 24.9 Å². The molecule has 5 aromatic rings. The van der Waals surface area contributed by atoms with Gasteiger partial charge in [0, 0.05) is 27.6 Å². The molecule has 0 unspecified atom stereocenters. The standard InChI is InChI=1S/C24H20ClN7O2S/c1-34-17-11-32-19(7-8-28-32)30-21(17)31-22-20-16-6-5-13(9-18(16)35-24(20)27-12-26-22)23(33)29-15-4-2-3-14(25)10-15/h2-4,7-8,10-13H,5-6,9H2,1H3,(H,29,33)(H,26,27,30,31)/t13-/m0/s1. The van der Waals surface area contributed by atoms with Gasteiger partial charge in [-0.05, 0) is 43.0 Å². The third kappa shape index (κ3) is 4.04. The Morgan fingerprint density at radius 1 is 1.26 bits per heavy atom. The number of benzene rings is 1. The molecule has 6 rings (SSSR count). The predicted octanol–water partition coefficient (Wildman–Crippen LogP) is 4.88. The lowest BCUT2D eigenvalue weighted by atomic mass is 9.87. The summed E-state index contributed by atoms with van der Waals surface area (Å²) in [5.41, 5.74) is 2.59. The number of rotatable bonds is 5. The van der Waals surface area contributed by atoms with E-state index in [1.807, 2.05) is 18.2 Å². The number of hydrogen-bond acceptors (Lipinski definition) is 8. The Balaban J connectivity index is 1.29. The number of anilines is 3. The molecule has 4 heterocycles. The van der Waals surface area contributed by atoms with Gasteiger partial charge < -0.3 is 15.4 Å². The molecular weight excluding hydrogens is 486 g/mol. The Morgan fingerprint density at radius 3 is 3.03 bits per heavy atom. The molecule has 176 valence electrons. The van der Waals surface area contributed by atoms with Crippen molar-refractivity contribution in [3.05, 3.63) is 64.5 Å². The first-order valence-corrected chi connectivity index (χ1v) is 12.3. The number of carbonyl (C=O) groups excluding carboxylic acids is 1. The van der Waals surface area contributed by atoms with Gasteiger partial charge in [-0.3, -0.25) is 4.79 Å². The molecule has 1 atom stereocenters. The van der Waals surface area contributed by atoms with E-state index in [4.69, 9.17) is 16.3 Å². The molecule has 0 fully saturated rings. The molecule has 4 aromatic heterocycles. The normalized spacial score (nSPS) is 15.2. The molecular formula is C24H20ClN7O2S. The van der Waals surface area contributed by atoms with Gasteiger partial charge in [0.1, 0.15) is 17.0 Å². The maximum Gasteiger partial charge on any atom is 0.227 e. The average Bonchev–Trinajstić information content (AvgIpc) is 3.47. The summed E-state index contributed by atoms with van der Waals surface area (Å²) in [6, 6.07) is 9.03. The first kappa shape index (κ1) is 21.8. The van der Waals surface area contributed by atoms with Gasteiger partial charge in [-0.1, -0.05) is 17.7 Å². The van der Waals surface area contributed by atoms with Crippen molar-refractivity contribution in [2.45, 2.75) is 19.3 Å². The van der Waals surface area contributed by atoms with Crippen molar-refractivity contribution in [3.63, 3.8) is 0 Å². The van der Waals surface area contributed by atoms with Crippen LogP contribution in [0, 0.1) is 5.92 Å². The minimum atomic E-state index is -0.120. The lowest BCUT2D eigenvalue weighted by molar-refractivity contribution is -0.120. The highest BCUT2D eigenvalue weighted by molar-refractivity contribution is 7.19. The summed E-state index contributed by atoms with van der Waals surface area (Å²) >= 11 is 7.67. The van der Waals surface area contributed by atoms with Gasteiger partial charge in [-0.25, -0.2) is 19.5 Å². The van der Waals surface area contributed by atoms with Crippen LogP contribution in [0.2, 0.25) is 5.02 Å². The van der Waals surface area contributed by atoms with E-state index in [-0.39, 0.29) is 11.8 Å². The van der Waals surface area contributed by atoms with Crippen LogP contribution in [0.5, 0.6) is 5.75 Å². The molecule has 9 nitrogen and oxygen atoms in total. The maximum absolute atomic E-state index is 12.9. The SMILES string of the molecule is COc1cn2nccc2nc1Nc1ncnc2sc3c(c12)CC[C@H](C(=O)Nc1cccc(Cl)c1)C3. The highest BCUT2D eigenvalue weighted by Crippen LogP contribution is 2.41. The quantitative estimate of drug-likeness (QED) is 0.350. The van der Waals surface area contributed by atoms with E-state index in [9.17, 15) is 4.79 Å². The second-order valence-electron chi connectivity index (χ2n) is 8.26. The number of methoxy groups -OCH3 is 1. The van der Waals surface area contributed by atoms with Crippen LogP contribution in [0.15, 0.2) is 49.1 Å². The Hall–Kier alpha value is -3.76. The number of ether oxygens (including phenoxy) is 1. The molecule has 1 amide bonds. The molecule has 0 spiro atoms. The molecule has 0 saturated carbocycles. The van der Waals surface area contributed by atoms with Gasteiger partial charge in [0.15, 0.2) is 17.2 Å². The molecule has 0 bridgehead atoms. The number of halogens is 1. The highest BCUT2D eigenvalue weighted by atomic mass is 35.5. The van der Waals surface area contributed by atoms with Crippen LogP contribution in [0.3, 0.4) is 0 Å². The lowest BCUT2D eigenvalue weighted by Crippen LogP contribution is -2.27. The van der Waals surface area contributed by atoms with Gasteiger partial charge in [0.2, 0.25) is 5.91 Å². The van der Waals surface area contributed by atoms with Crippen molar-refractivity contribution < 1.29 is 9.53 Å². The molecule has 0 aliphatic heterocycles. The summed E-state index contributed by atoms with van der Waals surface area (Å²) in [5, 5.41) is 12.1. The van der Waals surface area contributed by atoms with E-state index >= 15 is 0 Å². The summed E-state index contributed by atoms with van der Waals surface area (Å²) in [5.74, 6) is 1.65. The van der Waals surface area contributed by atoms with Crippen molar-refractivity contribution in [2.75, 3.05) is 17.7 Å². The second-order valence-corrected chi connectivity index (χ2v) is 9.78. The van der Waals surface area contributed by atoms with E-state index in [1.165, 1.54) is 5.56 Å². The summed E-state index contributed by atoms with van der Waals surface area (Å²) in [7, 11) is 1.59. The lowest BCUT2D eigenvalue weighted by Gasteiger charge is -2.22. The Bertz CT molecular complexity index is 1580. The van der Waals surface area contributed by atoms with Crippen LogP contribution in [0.1, 0.15) is 16.9 Å². The molecule has 0 saturated heterocycles. The van der Waals surface area contributed by atoms with E-state index < -0.39 is 0 Å². The van der Waals surface area contributed by atoms with Gasteiger partial charge in [-0.15, -0.1) is 11.3 Å². The molecule has 0 radical (unpaired) electrons. The van der Waals surface area contributed by atoms with Crippen molar-refractivity contribution >= 4 is 62.0 Å². The number of nitrogens with zero attached hydrogens (tertiary/aromatic N) is 5. The number of thiophene rings is 1. The van der Waals surface area contributed by atoms with Crippen LogP contribution in [0.4, 0.5) is 17.3 Å². The first-order chi connectivity index (χ1) is 17.1. The molecule has 1 aromatic carbocycles. The zero-order valence-electron chi connectivity index (χ0n) is 18.7. The van der Waals surface area contributed by atoms with Crippen molar-refractivity contribution in [2.24, 2.45) is 5.92 Å². The van der Waals surface area contributed by atoms with Crippen LogP contribution in [-0.2, 0) is 17.6 Å². The van der Waals surface area contributed by atoms with Crippen molar-refractivity contribution in [1.29, 1.82) is 0 Å². The van der Waals surface area contributed by atoms with Gasteiger partial charge >= 0.3 is 0 Å². The molecule has 2 N–H and O–H groups in total. The predicted molar refractivity (Wildman–Crippen MR) is 136 cm³/mol. The van der Waals surface area contributed by atoms with E-state index in [0.29, 0.717) is 40.2 Å². The van der Waals surface area contributed by atoms with Gasteiger partial charge in [0.25, 0.3) is 0 Å². The zero-order chi connectivity index (χ0) is 23.9. The number of carbonyl (C=O) groups is 1. The smallest absolute Gasteiger partial charge is 0.227 e. The van der Waals surface area contributed by atoms with E-state index in [1.54, 1.807) is 53.8 Å². The summed E-state index contributed by atoms with van der Waals surface area (Å²) in [6.45, 7) is 0. The number of nitrogens with one attached hydrogen (secondary N) is 2. The fraction of sp³-hybridized carbons (Fsp3) is 0.208. The fourth-order valence-electron chi connectivity index (χ4n) is 4.43. The van der Waals surface area contributed by atoms with Crippen molar-refractivity contribution in [1.82, 2.24) is 24.6 Å². The number of aryl methyl sites for hydroxylation is 1. The largest absolute Gasteiger partial charge is 0.491 e. The minimum absolute atomic E-state index is 0.00264. The van der Waals surface area contributed by atoms with Crippen LogP contribution >= 0.6 is 22.9 Å². The monoisotopic (exact) mass is 505 g/mol. The molecule has 35 heavy (non-hydrogen) atoms. The fourth-order valence-corrected chi connectivity index (χ4v) is 5.88. The number of amides is 1. The summed E-state index contributed by atoms with van der Waals surface area (Å²) < 4.78 is 7.17. The summed E-state index contributed by atoms with van der Waals surface area (Å²) in [4.78, 5) is 28.6. The van der Waals surface area contributed by atoms with E-state index in [2.05, 4.69) is 30.7 Å². The topological polar surface area (TPSA) is 106 Å². The third-order valence-electron chi connectivity index (χ3n) is 6.11. The molecule has 11 heteroatoms. The van der Waals surface area contributed by atoms with Crippen LogP contribution in [-0.4, -0.2) is 37.6 Å². The minimum Gasteiger partial charge on any atom is -0.491 e. The third-order valence-corrected chi connectivity index (χ3v) is 7.51. The van der Waals surface area contributed by atoms with Crippen molar-refractivity contribution in [3.8, 4) is 5.75 Å². The van der Waals surface area contributed by atoms with Crippen LogP contribution in [0.25, 0.3) is 15.9 Å². The Labute approximate surface area is 209 Å². The number of aromatic nitrogens is 5. The maximum atomic E-state index is 12.9. The van der Waals surface area contributed by atoms with E-state index in [0.717, 1.165) is 27.9 Å². The number of hydrogen-bond donors (Lipinski definition) is 2. The Morgan fingerprint density at radius 2 is 2.17 bits per heavy atom.